The molecule has 13 heteroatoms. The molecule has 1 saturated carbocycles. The molecule has 1 aromatic heterocycles. The first kappa shape index (κ1) is 27.4. The fraction of sp³-hybridized carbons (Fsp3) is 0.280. The summed E-state index contributed by atoms with van der Waals surface area (Å²) in [7, 11) is -7.62. The Balaban J connectivity index is 1.40. The number of carbonyl (C=O) groups excluding carboxylic acids is 1. The average molecular weight is 613 g/mol. The summed E-state index contributed by atoms with van der Waals surface area (Å²) in [5, 5.41) is 0.258. The molecule has 1 N–H and O–H groups in total. The Labute approximate surface area is 235 Å². The van der Waals surface area contributed by atoms with E-state index in [-0.39, 0.29) is 38.0 Å². The van der Waals surface area contributed by atoms with Crippen LogP contribution in [0, 0.1) is 5.92 Å². The number of nitrogens with zero attached hydrogens (tertiary/aromatic N) is 2. The molecule has 8 nitrogen and oxygen atoms in total. The Hall–Kier alpha value is -2.15. The van der Waals surface area contributed by atoms with Gasteiger partial charge in [0, 0.05) is 33.8 Å². The van der Waals surface area contributed by atoms with Crippen molar-refractivity contribution in [1.29, 1.82) is 0 Å². The number of hydrogen-bond acceptors (Lipinski definition) is 7. The monoisotopic (exact) mass is 611 g/mol. The number of sulfonamides is 2. The highest BCUT2D eigenvalue weighted by Crippen LogP contribution is 2.38. The van der Waals surface area contributed by atoms with Gasteiger partial charge in [-0.05, 0) is 80.3 Å². The summed E-state index contributed by atoms with van der Waals surface area (Å²) in [6.45, 7) is 1.05. The van der Waals surface area contributed by atoms with E-state index in [0.717, 1.165) is 30.6 Å². The highest BCUT2D eigenvalue weighted by atomic mass is 35.5. The SMILES string of the molecule is O=C(c1nc(NS(=O)(=O)c2ccc(Cl)cc2Cl)ccc1Sc1ccc(S(=O)(=O)N2CCCC2)cc1)C1CC1. The summed E-state index contributed by atoms with van der Waals surface area (Å²) >= 11 is 13.2. The third-order valence-electron chi connectivity index (χ3n) is 6.22. The minimum atomic E-state index is -4.09. The van der Waals surface area contributed by atoms with E-state index in [1.165, 1.54) is 40.3 Å². The van der Waals surface area contributed by atoms with Crippen molar-refractivity contribution in [3.05, 3.63) is 70.3 Å². The molecule has 0 radical (unpaired) electrons. The van der Waals surface area contributed by atoms with Gasteiger partial charge in [-0.3, -0.25) is 9.52 Å². The van der Waals surface area contributed by atoms with Crippen molar-refractivity contribution in [2.75, 3.05) is 17.8 Å². The second kappa shape index (κ2) is 10.8. The Morgan fingerprint density at radius 2 is 1.63 bits per heavy atom. The largest absolute Gasteiger partial charge is 0.292 e. The van der Waals surface area contributed by atoms with Gasteiger partial charge in [-0.1, -0.05) is 35.0 Å². The maximum Gasteiger partial charge on any atom is 0.264 e. The summed E-state index contributed by atoms with van der Waals surface area (Å²) in [4.78, 5) is 18.7. The van der Waals surface area contributed by atoms with Gasteiger partial charge >= 0.3 is 0 Å². The lowest BCUT2D eigenvalue weighted by Gasteiger charge is -2.16. The van der Waals surface area contributed by atoms with Crippen molar-refractivity contribution in [1.82, 2.24) is 9.29 Å². The highest BCUT2D eigenvalue weighted by Gasteiger charge is 2.33. The van der Waals surface area contributed by atoms with E-state index in [9.17, 15) is 21.6 Å². The molecular formula is C25H23Cl2N3O5S3. The minimum Gasteiger partial charge on any atom is -0.292 e. The Morgan fingerprint density at radius 1 is 0.947 bits per heavy atom. The number of pyridine rings is 1. The molecule has 200 valence electrons. The third kappa shape index (κ3) is 5.88. The third-order valence-corrected chi connectivity index (χ3v) is 11.3. The van der Waals surface area contributed by atoms with Gasteiger partial charge in [0.25, 0.3) is 10.0 Å². The molecule has 0 unspecified atom stereocenters. The number of halogens is 2. The first-order chi connectivity index (χ1) is 18.0. The summed E-state index contributed by atoms with van der Waals surface area (Å²) in [5.41, 5.74) is 0.161. The van der Waals surface area contributed by atoms with E-state index in [0.29, 0.717) is 23.0 Å². The summed E-state index contributed by atoms with van der Waals surface area (Å²) < 4.78 is 55.4. The number of carbonyl (C=O) groups is 1. The summed E-state index contributed by atoms with van der Waals surface area (Å²) in [6, 6.07) is 13.6. The zero-order valence-corrected chi connectivity index (χ0v) is 23.9. The second-order valence-corrected chi connectivity index (χ2v) is 14.6. The molecule has 0 spiro atoms. The van der Waals surface area contributed by atoms with Crippen LogP contribution in [-0.2, 0) is 20.0 Å². The van der Waals surface area contributed by atoms with Gasteiger partial charge in [0.15, 0.2) is 5.78 Å². The number of anilines is 1. The van der Waals surface area contributed by atoms with Crippen LogP contribution < -0.4 is 4.72 Å². The van der Waals surface area contributed by atoms with Gasteiger partial charge in [-0.15, -0.1) is 0 Å². The van der Waals surface area contributed by atoms with Gasteiger partial charge in [0.1, 0.15) is 16.4 Å². The molecular weight excluding hydrogens is 589 g/mol. The van der Waals surface area contributed by atoms with Crippen LogP contribution in [0.3, 0.4) is 0 Å². The van der Waals surface area contributed by atoms with Gasteiger partial charge in [0.2, 0.25) is 10.0 Å². The van der Waals surface area contributed by atoms with Crippen LogP contribution in [-0.4, -0.2) is 45.0 Å². The van der Waals surface area contributed by atoms with Crippen molar-refractivity contribution in [2.24, 2.45) is 5.92 Å². The van der Waals surface area contributed by atoms with Crippen molar-refractivity contribution in [2.45, 2.75) is 45.3 Å². The van der Waals surface area contributed by atoms with Crippen LogP contribution in [0.25, 0.3) is 0 Å². The number of hydrogen-bond donors (Lipinski definition) is 1. The van der Waals surface area contributed by atoms with Crippen LogP contribution in [0.5, 0.6) is 0 Å². The quantitative estimate of drug-likeness (QED) is 0.308. The lowest BCUT2D eigenvalue weighted by atomic mass is 10.2. The molecule has 5 rings (SSSR count). The fourth-order valence-electron chi connectivity index (χ4n) is 4.07. The molecule has 1 saturated heterocycles. The normalized spacial score (nSPS) is 16.5. The number of aromatic nitrogens is 1. The van der Waals surface area contributed by atoms with E-state index < -0.39 is 20.0 Å². The maximum atomic E-state index is 13.1. The zero-order valence-electron chi connectivity index (χ0n) is 19.9. The predicted molar refractivity (Wildman–Crippen MR) is 147 cm³/mol. The fourth-order valence-corrected chi connectivity index (χ4v) is 8.27. The van der Waals surface area contributed by atoms with Crippen molar-refractivity contribution >= 4 is 66.6 Å². The smallest absolute Gasteiger partial charge is 0.264 e. The lowest BCUT2D eigenvalue weighted by Crippen LogP contribution is -2.27. The number of ketones is 1. The number of benzene rings is 2. The lowest BCUT2D eigenvalue weighted by molar-refractivity contribution is 0.0959. The van der Waals surface area contributed by atoms with Gasteiger partial charge in [-0.2, -0.15) is 4.31 Å². The topological polar surface area (TPSA) is 114 Å². The minimum absolute atomic E-state index is 0.0172. The first-order valence-electron chi connectivity index (χ1n) is 11.9. The average Bonchev–Trinajstić information content (AvgIpc) is 3.56. The molecule has 38 heavy (non-hydrogen) atoms. The van der Waals surface area contributed by atoms with Crippen molar-refractivity contribution in [3.63, 3.8) is 0 Å². The molecule has 2 aromatic carbocycles. The highest BCUT2D eigenvalue weighted by molar-refractivity contribution is 7.99. The first-order valence-corrected chi connectivity index (χ1v) is 16.4. The molecule has 0 atom stereocenters. The van der Waals surface area contributed by atoms with Crippen LogP contribution in [0.4, 0.5) is 5.82 Å². The second-order valence-electron chi connectivity index (χ2n) is 9.05. The predicted octanol–water partition coefficient (Wildman–Crippen LogP) is 5.72. The van der Waals surface area contributed by atoms with E-state index in [1.807, 2.05) is 0 Å². The molecule has 2 aliphatic rings. The van der Waals surface area contributed by atoms with Crippen molar-refractivity contribution in [3.8, 4) is 0 Å². The van der Waals surface area contributed by atoms with Crippen LogP contribution in [0.2, 0.25) is 10.0 Å². The van der Waals surface area contributed by atoms with E-state index in [2.05, 4.69) is 9.71 Å². The van der Waals surface area contributed by atoms with Gasteiger partial charge < -0.3 is 0 Å². The number of rotatable bonds is 9. The molecule has 0 bridgehead atoms. The van der Waals surface area contributed by atoms with Crippen LogP contribution in [0.15, 0.2) is 74.2 Å². The van der Waals surface area contributed by atoms with Crippen LogP contribution >= 0.6 is 35.0 Å². The van der Waals surface area contributed by atoms with Gasteiger partial charge in [0.05, 0.1) is 9.92 Å². The van der Waals surface area contributed by atoms with E-state index in [1.54, 1.807) is 30.3 Å². The Bertz CT molecular complexity index is 1600. The molecule has 2 fully saturated rings. The summed E-state index contributed by atoms with van der Waals surface area (Å²) in [6.07, 6.45) is 3.22. The molecule has 1 aliphatic carbocycles. The Kier molecular flexibility index (Phi) is 7.78. The Morgan fingerprint density at radius 3 is 2.26 bits per heavy atom. The standard InChI is InChI=1S/C25H23Cl2N3O5S3/c26-17-5-11-22(20(27)15-17)37(32,33)29-23-12-10-21(24(28-23)25(31)16-3-4-16)36-18-6-8-19(9-7-18)38(34,35)30-13-1-2-14-30/h5-12,15-16H,1-4,13-14H2,(H,28,29). The molecule has 1 aliphatic heterocycles. The maximum absolute atomic E-state index is 13.1. The number of nitrogens with one attached hydrogen (secondary N) is 1. The van der Waals surface area contributed by atoms with Crippen molar-refractivity contribution < 1.29 is 21.6 Å². The molecule has 0 amide bonds. The van der Waals surface area contributed by atoms with E-state index in [4.69, 9.17) is 23.2 Å². The van der Waals surface area contributed by atoms with Crippen LogP contribution in [0.1, 0.15) is 36.2 Å². The summed E-state index contributed by atoms with van der Waals surface area (Å²) in [5.74, 6) is -0.324. The number of Topliss-reactive ketones (excluding diaryl/α,β-unsaturated/α-hetero) is 1. The zero-order chi connectivity index (χ0) is 27.1. The molecule has 2 heterocycles. The van der Waals surface area contributed by atoms with E-state index >= 15 is 0 Å². The molecule has 3 aromatic rings. The van der Waals surface area contributed by atoms with Gasteiger partial charge in [-0.25, -0.2) is 21.8 Å².